The number of rotatable bonds is 6. The molecular formula is C14H16BrClN2OS. The highest BCUT2D eigenvalue weighted by molar-refractivity contribution is 9.10. The molecule has 0 aliphatic carbocycles. The lowest BCUT2D eigenvalue weighted by Gasteiger charge is -2.07. The zero-order valence-electron chi connectivity index (χ0n) is 11.3. The highest BCUT2D eigenvalue weighted by atomic mass is 79.9. The number of nitrogens with one attached hydrogen (secondary N) is 1. The van der Waals surface area contributed by atoms with Crippen LogP contribution in [0.1, 0.15) is 24.5 Å². The van der Waals surface area contributed by atoms with Gasteiger partial charge in [0.25, 0.3) is 0 Å². The average molecular weight is 376 g/mol. The van der Waals surface area contributed by atoms with Crippen molar-refractivity contribution in [3.63, 3.8) is 0 Å². The Bertz CT molecular complexity index is 574. The van der Waals surface area contributed by atoms with Crippen LogP contribution in [0, 0.1) is 0 Å². The van der Waals surface area contributed by atoms with Crippen molar-refractivity contribution in [2.45, 2.75) is 33.0 Å². The fourth-order valence-electron chi connectivity index (χ4n) is 1.53. The molecule has 2 aromatic rings. The summed E-state index contributed by atoms with van der Waals surface area (Å²) in [5.74, 6) is 0.663. The summed E-state index contributed by atoms with van der Waals surface area (Å²) in [7, 11) is 0. The standard InChI is InChI=1S/C14H16BrClN2OS/c1-9(2)17-6-14-18-11(8-20-14)7-19-13-5-10(15)3-4-12(13)16/h3-5,8-9,17H,6-7H2,1-2H3. The van der Waals surface area contributed by atoms with Crippen molar-refractivity contribution in [1.82, 2.24) is 10.3 Å². The Balaban J connectivity index is 1.92. The van der Waals surface area contributed by atoms with Crippen LogP contribution in [0.5, 0.6) is 5.75 Å². The van der Waals surface area contributed by atoms with E-state index in [9.17, 15) is 0 Å². The first kappa shape index (κ1) is 15.8. The molecular weight excluding hydrogens is 360 g/mol. The Hall–Kier alpha value is -0.620. The summed E-state index contributed by atoms with van der Waals surface area (Å²) in [5, 5.41) is 7.03. The van der Waals surface area contributed by atoms with Crippen molar-refractivity contribution in [1.29, 1.82) is 0 Å². The minimum atomic E-state index is 0.425. The Labute approximate surface area is 136 Å². The van der Waals surface area contributed by atoms with Crippen molar-refractivity contribution in [2.75, 3.05) is 0 Å². The molecule has 0 saturated heterocycles. The highest BCUT2D eigenvalue weighted by Crippen LogP contribution is 2.28. The number of aromatic nitrogens is 1. The minimum absolute atomic E-state index is 0.425. The zero-order valence-corrected chi connectivity index (χ0v) is 14.5. The van der Waals surface area contributed by atoms with E-state index in [1.54, 1.807) is 17.4 Å². The molecule has 6 heteroatoms. The molecule has 0 spiro atoms. The second kappa shape index (κ2) is 7.41. The number of nitrogens with zero attached hydrogens (tertiary/aromatic N) is 1. The third kappa shape index (κ3) is 4.74. The summed E-state index contributed by atoms with van der Waals surface area (Å²) in [4.78, 5) is 4.53. The van der Waals surface area contributed by atoms with Gasteiger partial charge in [0.15, 0.2) is 0 Å². The first-order valence-corrected chi connectivity index (χ1v) is 8.34. The first-order valence-electron chi connectivity index (χ1n) is 6.29. The van der Waals surface area contributed by atoms with Crippen LogP contribution in [-0.4, -0.2) is 11.0 Å². The van der Waals surface area contributed by atoms with Gasteiger partial charge in [0, 0.05) is 22.4 Å². The molecule has 0 bridgehead atoms. The number of thiazole rings is 1. The third-order valence-electron chi connectivity index (χ3n) is 2.53. The van der Waals surface area contributed by atoms with Crippen LogP contribution in [0.15, 0.2) is 28.1 Å². The lowest BCUT2D eigenvalue weighted by Crippen LogP contribution is -2.21. The van der Waals surface area contributed by atoms with E-state index in [0.29, 0.717) is 23.4 Å². The summed E-state index contributed by atoms with van der Waals surface area (Å²) in [5.41, 5.74) is 0.923. The Morgan fingerprint density at radius 3 is 3.00 bits per heavy atom. The Morgan fingerprint density at radius 1 is 1.45 bits per heavy atom. The van der Waals surface area contributed by atoms with Gasteiger partial charge in [-0.15, -0.1) is 11.3 Å². The first-order chi connectivity index (χ1) is 9.54. The van der Waals surface area contributed by atoms with Crippen LogP contribution in [0.2, 0.25) is 5.02 Å². The molecule has 1 aromatic carbocycles. The van der Waals surface area contributed by atoms with Gasteiger partial charge >= 0.3 is 0 Å². The van der Waals surface area contributed by atoms with Crippen molar-refractivity contribution in [2.24, 2.45) is 0 Å². The molecule has 1 N–H and O–H groups in total. The van der Waals surface area contributed by atoms with Gasteiger partial charge in [-0.2, -0.15) is 0 Å². The molecule has 1 heterocycles. The molecule has 0 amide bonds. The van der Waals surface area contributed by atoms with Gasteiger partial charge in [0.05, 0.1) is 10.7 Å². The van der Waals surface area contributed by atoms with Crippen molar-refractivity contribution in [3.05, 3.63) is 43.8 Å². The van der Waals surface area contributed by atoms with E-state index in [4.69, 9.17) is 16.3 Å². The molecule has 0 aliphatic rings. The number of hydrogen-bond donors (Lipinski definition) is 1. The third-order valence-corrected chi connectivity index (χ3v) is 4.23. The van der Waals surface area contributed by atoms with Crippen LogP contribution in [-0.2, 0) is 13.2 Å². The lowest BCUT2D eigenvalue weighted by molar-refractivity contribution is 0.302. The Kier molecular flexibility index (Phi) is 5.84. The fraction of sp³-hybridized carbons (Fsp3) is 0.357. The van der Waals surface area contributed by atoms with E-state index in [0.717, 1.165) is 21.7 Å². The van der Waals surface area contributed by atoms with E-state index in [2.05, 4.69) is 40.1 Å². The van der Waals surface area contributed by atoms with Gasteiger partial charge < -0.3 is 10.1 Å². The minimum Gasteiger partial charge on any atom is -0.486 e. The predicted molar refractivity (Wildman–Crippen MR) is 87.6 cm³/mol. The SMILES string of the molecule is CC(C)NCc1nc(COc2cc(Br)ccc2Cl)cs1. The highest BCUT2D eigenvalue weighted by Gasteiger charge is 2.06. The van der Waals surface area contributed by atoms with E-state index in [1.165, 1.54) is 0 Å². The van der Waals surface area contributed by atoms with Crippen LogP contribution in [0.4, 0.5) is 0 Å². The molecule has 0 atom stereocenters. The van der Waals surface area contributed by atoms with Crippen molar-refractivity contribution in [3.8, 4) is 5.75 Å². The van der Waals surface area contributed by atoms with Gasteiger partial charge in [0.1, 0.15) is 17.4 Å². The van der Waals surface area contributed by atoms with Crippen LogP contribution >= 0.6 is 38.9 Å². The Morgan fingerprint density at radius 2 is 2.25 bits per heavy atom. The van der Waals surface area contributed by atoms with Gasteiger partial charge in [-0.25, -0.2) is 4.98 Å². The van der Waals surface area contributed by atoms with E-state index >= 15 is 0 Å². The zero-order chi connectivity index (χ0) is 14.5. The number of benzene rings is 1. The van der Waals surface area contributed by atoms with Crippen LogP contribution < -0.4 is 10.1 Å². The molecule has 1 aromatic heterocycles. The maximum atomic E-state index is 6.08. The largest absolute Gasteiger partial charge is 0.486 e. The molecule has 20 heavy (non-hydrogen) atoms. The normalized spacial score (nSPS) is 11.1. The van der Waals surface area contributed by atoms with Gasteiger partial charge in [-0.3, -0.25) is 0 Å². The van der Waals surface area contributed by atoms with Gasteiger partial charge in [-0.05, 0) is 18.2 Å². The van der Waals surface area contributed by atoms with Crippen LogP contribution in [0.3, 0.4) is 0 Å². The smallest absolute Gasteiger partial charge is 0.139 e. The summed E-state index contributed by atoms with van der Waals surface area (Å²) >= 11 is 11.1. The molecule has 0 saturated carbocycles. The summed E-state index contributed by atoms with van der Waals surface area (Å²) < 4.78 is 6.65. The van der Waals surface area contributed by atoms with E-state index in [1.807, 2.05) is 17.5 Å². The predicted octanol–water partition coefficient (Wildman–Crippen LogP) is 4.64. The maximum Gasteiger partial charge on any atom is 0.139 e. The monoisotopic (exact) mass is 374 g/mol. The van der Waals surface area contributed by atoms with E-state index in [-0.39, 0.29) is 0 Å². The van der Waals surface area contributed by atoms with E-state index < -0.39 is 0 Å². The second-order valence-corrected chi connectivity index (χ2v) is 6.90. The number of hydrogen-bond acceptors (Lipinski definition) is 4. The summed E-state index contributed by atoms with van der Waals surface area (Å²) in [6, 6.07) is 6.00. The summed E-state index contributed by atoms with van der Waals surface area (Å²) in [6.45, 7) is 5.45. The number of ether oxygens (including phenoxy) is 1. The molecule has 2 rings (SSSR count). The fourth-order valence-corrected chi connectivity index (χ4v) is 2.77. The molecule has 3 nitrogen and oxygen atoms in total. The van der Waals surface area contributed by atoms with Crippen LogP contribution in [0.25, 0.3) is 0 Å². The topological polar surface area (TPSA) is 34.2 Å². The quantitative estimate of drug-likeness (QED) is 0.799. The second-order valence-electron chi connectivity index (χ2n) is 4.63. The average Bonchev–Trinajstić information content (AvgIpc) is 2.85. The molecule has 0 aliphatic heterocycles. The van der Waals surface area contributed by atoms with Crippen molar-refractivity contribution >= 4 is 38.9 Å². The molecule has 0 unspecified atom stereocenters. The van der Waals surface area contributed by atoms with Crippen molar-refractivity contribution < 1.29 is 4.74 Å². The molecule has 108 valence electrons. The maximum absolute atomic E-state index is 6.08. The van der Waals surface area contributed by atoms with Gasteiger partial charge in [-0.1, -0.05) is 41.4 Å². The summed E-state index contributed by atoms with van der Waals surface area (Å²) in [6.07, 6.45) is 0. The molecule has 0 radical (unpaired) electrons. The molecule has 0 fully saturated rings. The van der Waals surface area contributed by atoms with Gasteiger partial charge in [0.2, 0.25) is 0 Å². The lowest BCUT2D eigenvalue weighted by atomic mass is 10.3. The number of halogens is 2.